The third-order valence-corrected chi connectivity index (χ3v) is 7.58. The van der Waals surface area contributed by atoms with E-state index in [0.29, 0.717) is 46.7 Å². The van der Waals surface area contributed by atoms with Crippen molar-refractivity contribution in [2.24, 2.45) is 11.8 Å². The van der Waals surface area contributed by atoms with Crippen LogP contribution in [0.2, 0.25) is 0 Å². The molecular weight excluding hydrogens is 522 g/mol. The summed E-state index contributed by atoms with van der Waals surface area (Å²) in [6, 6.07) is 5.27. The summed E-state index contributed by atoms with van der Waals surface area (Å²) in [7, 11) is 1.36. The van der Waals surface area contributed by atoms with E-state index in [1.165, 1.54) is 7.11 Å². The van der Waals surface area contributed by atoms with E-state index in [0.717, 1.165) is 30.9 Å². The lowest BCUT2D eigenvalue weighted by Gasteiger charge is -2.18. The minimum absolute atomic E-state index is 0.0139. The Hall–Kier alpha value is -3.92. The molecule has 0 aliphatic carbocycles. The average molecular weight is 566 g/mol. The number of nitrogens with zero attached hydrogens (tertiary/aromatic N) is 1. The van der Waals surface area contributed by atoms with Gasteiger partial charge in [-0.2, -0.15) is 0 Å². The van der Waals surface area contributed by atoms with Gasteiger partial charge in [0, 0.05) is 47.8 Å². The molecule has 10 nitrogen and oxygen atoms in total. The molecule has 2 heterocycles. The fraction of sp³-hybridized carbons (Fsp3) is 0.484. The number of aryl methyl sites for hydroxylation is 1. The summed E-state index contributed by atoms with van der Waals surface area (Å²) in [6.07, 6.45) is 2.54. The number of nitrogens with one attached hydrogen (secondary N) is 4. The molecule has 10 heteroatoms. The standard InChI is InChI=1S/C31H43N5O5/c1-8-36(9-2)13-12-32-30(39)28-20(5)26(33-21(28)6)17-24-23-16-22(10-11-25(23)35-29(24)38)34-27(37)15-18(3)14-19(4)31(40)41-7/h10-11,16-19,33H,8-9,12-15H2,1-7H3,(H,32,39)(H,34,37)(H,35,38)/b24-17-. The maximum absolute atomic E-state index is 13.0. The first-order valence-corrected chi connectivity index (χ1v) is 14.2. The molecule has 1 aromatic heterocycles. The second-order valence-electron chi connectivity index (χ2n) is 10.7. The second kappa shape index (κ2) is 14.1. The molecule has 0 fully saturated rings. The minimum Gasteiger partial charge on any atom is -0.469 e. The summed E-state index contributed by atoms with van der Waals surface area (Å²) in [5.74, 6) is -1.17. The summed E-state index contributed by atoms with van der Waals surface area (Å²) in [5.41, 5.74) is 5.06. The van der Waals surface area contributed by atoms with E-state index >= 15 is 0 Å². The number of hydrogen-bond donors (Lipinski definition) is 4. The number of amides is 3. The Bertz CT molecular complexity index is 1320. The van der Waals surface area contributed by atoms with Crippen LogP contribution in [-0.2, 0) is 19.1 Å². The Labute approximate surface area is 242 Å². The molecule has 2 atom stereocenters. The summed E-state index contributed by atoms with van der Waals surface area (Å²) < 4.78 is 4.77. The number of carbonyl (C=O) groups is 4. The van der Waals surface area contributed by atoms with Crippen molar-refractivity contribution in [3.8, 4) is 0 Å². The third kappa shape index (κ3) is 7.85. The summed E-state index contributed by atoms with van der Waals surface area (Å²) in [6.45, 7) is 14.8. The van der Waals surface area contributed by atoms with Crippen molar-refractivity contribution in [2.75, 3.05) is 43.9 Å². The Morgan fingerprint density at radius 1 is 1.12 bits per heavy atom. The highest BCUT2D eigenvalue weighted by molar-refractivity contribution is 6.35. The van der Waals surface area contributed by atoms with Crippen molar-refractivity contribution in [2.45, 2.75) is 54.4 Å². The third-order valence-electron chi connectivity index (χ3n) is 7.58. The molecule has 0 saturated carbocycles. The quantitative estimate of drug-likeness (QED) is 0.211. The predicted octanol–water partition coefficient (Wildman–Crippen LogP) is 4.36. The number of hydrogen-bond acceptors (Lipinski definition) is 6. The molecule has 2 unspecified atom stereocenters. The van der Waals surface area contributed by atoms with Gasteiger partial charge >= 0.3 is 5.97 Å². The van der Waals surface area contributed by atoms with Gasteiger partial charge in [-0.15, -0.1) is 0 Å². The van der Waals surface area contributed by atoms with Crippen LogP contribution < -0.4 is 16.0 Å². The van der Waals surface area contributed by atoms with E-state index in [9.17, 15) is 19.2 Å². The van der Waals surface area contributed by atoms with Crippen molar-refractivity contribution in [3.05, 3.63) is 46.3 Å². The molecule has 2 aromatic rings. The van der Waals surface area contributed by atoms with E-state index in [1.807, 2.05) is 20.8 Å². The zero-order chi connectivity index (χ0) is 30.3. The highest BCUT2D eigenvalue weighted by Gasteiger charge is 2.26. The number of esters is 1. The van der Waals surface area contributed by atoms with Crippen LogP contribution in [0.1, 0.15) is 73.4 Å². The van der Waals surface area contributed by atoms with Crippen LogP contribution in [0.25, 0.3) is 11.6 Å². The number of fused-ring (bicyclic) bond motifs is 1. The Balaban J connectivity index is 1.74. The van der Waals surface area contributed by atoms with E-state index < -0.39 is 0 Å². The first kappa shape index (κ1) is 31.6. The van der Waals surface area contributed by atoms with Crippen LogP contribution in [0, 0.1) is 25.7 Å². The lowest BCUT2D eigenvalue weighted by molar-refractivity contribution is -0.145. The maximum Gasteiger partial charge on any atom is 0.308 e. The number of H-pyrrole nitrogens is 1. The Kier molecular flexibility index (Phi) is 10.9. The van der Waals surface area contributed by atoms with Crippen molar-refractivity contribution >= 4 is 46.7 Å². The molecular formula is C31H43N5O5. The molecule has 1 aromatic carbocycles. The number of carbonyl (C=O) groups excluding carboxylic acids is 4. The molecule has 1 aliphatic rings. The van der Waals surface area contributed by atoms with Crippen molar-refractivity contribution in [1.82, 2.24) is 15.2 Å². The van der Waals surface area contributed by atoms with E-state index in [4.69, 9.17) is 4.74 Å². The van der Waals surface area contributed by atoms with Gasteiger partial charge in [0.25, 0.3) is 11.8 Å². The van der Waals surface area contributed by atoms with Gasteiger partial charge in [0.1, 0.15) is 0 Å². The largest absolute Gasteiger partial charge is 0.469 e. The number of anilines is 2. The second-order valence-corrected chi connectivity index (χ2v) is 10.7. The number of methoxy groups -OCH3 is 1. The number of aromatic amines is 1. The molecule has 222 valence electrons. The van der Waals surface area contributed by atoms with E-state index in [-0.39, 0.29) is 41.9 Å². The number of ether oxygens (including phenoxy) is 1. The molecule has 4 N–H and O–H groups in total. The number of likely N-dealkylation sites (N-methyl/N-ethyl adjacent to an activating group) is 1. The molecule has 41 heavy (non-hydrogen) atoms. The SMILES string of the molecule is CCN(CC)CCNC(=O)c1c(C)[nH]c(/C=C2\C(=O)Nc3ccc(NC(=O)CC(C)CC(C)C(=O)OC)cc32)c1C. The lowest BCUT2D eigenvalue weighted by atomic mass is 9.94. The van der Waals surface area contributed by atoms with Gasteiger partial charge in [-0.1, -0.05) is 27.7 Å². The lowest BCUT2D eigenvalue weighted by Crippen LogP contribution is -2.35. The van der Waals surface area contributed by atoms with Crippen LogP contribution in [-0.4, -0.2) is 66.9 Å². The smallest absolute Gasteiger partial charge is 0.308 e. The van der Waals surface area contributed by atoms with Crippen LogP contribution in [0.5, 0.6) is 0 Å². The van der Waals surface area contributed by atoms with E-state index in [2.05, 4.69) is 39.7 Å². The normalized spacial score (nSPS) is 14.9. The van der Waals surface area contributed by atoms with Crippen LogP contribution in [0.3, 0.4) is 0 Å². The molecule has 0 radical (unpaired) electrons. The molecule has 0 spiro atoms. The summed E-state index contributed by atoms with van der Waals surface area (Å²) >= 11 is 0. The zero-order valence-corrected chi connectivity index (χ0v) is 25.2. The fourth-order valence-electron chi connectivity index (χ4n) is 5.28. The molecule has 0 bridgehead atoms. The number of rotatable bonds is 13. The fourth-order valence-corrected chi connectivity index (χ4v) is 5.28. The van der Waals surface area contributed by atoms with Gasteiger partial charge in [0.2, 0.25) is 5.91 Å². The highest BCUT2D eigenvalue weighted by atomic mass is 16.5. The van der Waals surface area contributed by atoms with Gasteiger partial charge in [0.15, 0.2) is 0 Å². The van der Waals surface area contributed by atoms with Crippen molar-refractivity contribution in [3.63, 3.8) is 0 Å². The van der Waals surface area contributed by atoms with Crippen molar-refractivity contribution < 1.29 is 23.9 Å². The van der Waals surface area contributed by atoms with Crippen LogP contribution in [0.15, 0.2) is 18.2 Å². The van der Waals surface area contributed by atoms with Crippen LogP contribution >= 0.6 is 0 Å². The maximum atomic E-state index is 13.0. The van der Waals surface area contributed by atoms with Gasteiger partial charge in [-0.05, 0) is 69.1 Å². The van der Waals surface area contributed by atoms with E-state index in [1.54, 1.807) is 31.2 Å². The highest BCUT2D eigenvalue weighted by Crippen LogP contribution is 2.36. The zero-order valence-electron chi connectivity index (χ0n) is 25.2. The van der Waals surface area contributed by atoms with Gasteiger partial charge in [0.05, 0.1) is 24.2 Å². The number of benzene rings is 1. The van der Waals surface area contributed by atoms with Gasteiger partial charge in [-0.3, -0.25) is 19.2 Å². The van der Waals surface area contributed by atoms with Crippen molar-refractivity contribution in [1.29, 1.82) is 0 Å². The number of aromatic nitrogens is 1. The first-order valence-electron chi connectivity index (χ1n) is 14.2. The summed E-state index contributed by atoms with van der Waals surface area (Å²) in [4.78, 5) is 55.8. The Morgan fingerprint density at radius 3 is 2.49 bits per heavy atom. The van der Waals surface area contributed by atoms with Gasteiger partial charge in [-0.25, -0.2) is 0 Å². The average Bonchev–Trinajstić information content (AvgIpc) is 3.39. The minimum atomic E-state index is -0.289. The first-order chi connectivity index (χ1) is 19.5. The van der Waals surface area contributed by atoms with Gasteiger partial charge < -0.3 is 30.6 Å². The predicted molar refractivity (Wildman–Crippen MR) is 162 cm³/mol. The molecule has 3 rings (SSSR count). The Morgan fingerprint density at radius 2 is 1.83 bits per heavy atom. The monoisotopic (exact) mass is 565 g/mol. The molecule has 3 amide bonds. The molecule has 1 aliphatic heterocycles. The molecule has 0 saturated heterocycles. The summed E-state index contributed by atoms with van der Waals surface area (Å²) in [5, 5.41) is 8.78. The van der Waals surface area contributed by atoms with Crippen LogP contribution in [0.4, 0.5) is 11.4 Å². The topological polar surface area (TPSA) is 133 Å².